The minimum atomic E-state index is -4.98. The normalized spacial score (nSPS) is 15.8. The summed E-state index contributed by atoms with van der Waals surface area (Å²) in [5.41, 5.74) is 0.969. The highest BCUT2D eigenvalue weighted by molar-refractivity contribution is 5.85. The van der Waals surface area contributed by atoms with Gasteiger partial charge in [0.15, 0.2) is 0 Å². The molecule has 0 aromatic carbocycles. The molecule has 0 bridgehead atoms. The zero-order valence-electron chi connectivity index (χ0n) is 9.68. The maximum Gasteiger partial charge on any atom is 0.471 e. The lowest BCUT2D eigenvalue weighted by molar-refractivity contribution is -0.174. The van der Waals surface area contributed by atoms with E-state index in [1.807, 2.05) is 6.08 Å². The van der Waals surface area contributed by atoms with E-state index in [-0.39, 0.29) is 6.61 Å². The van der Waals surface area contributed by atoms with Crippen LogP contribution in [-0.2, 0) is 14.3 Å². The van der Waals surface area contributed by atoms with Gasteiger partial charge < -0.3 is 10.1 Å². The van der Waals surface area contributed by atoms with E-state index in [1.165, 1.54) is 5.32 Å². The molecule has 1 N–H and O–H groups in total. The Balaban J connectivity index is 2.22. The lowest BCUT2D eigenvalue weighted by atomic mass is 10.0. The summed E-state index contributed by atoms with van der Waals surface area (Å²) in [6.07, 6.45) is 0.865. The van der Waals surface area contributed by atoms with Crippen LogP contribution in [0.2, 0.25) is 0 Å². The second-order valence-corrected chi connectivity index (χ2v) is 3.95. The van der Waals surface area contributed by atoms with Gasteiger partial charge in [-0.1, -0.05) is 6.08 Å². The summed E-state index contributed by atoms with van der Waals surface area (Å²) in [6, 6.07) is 0. The maximum atomic E-state index is 11.8. The fourth-order valence-electron chi connectivity index (χ4n) is 1.51. The first kappa shape index (κ1) is 14.5. The van der Waals surface area contributed by atoms with Gasteiger partial charge in [0.2, 0.25) is 0 Å². The first-order valence-corrected chi connectivity index (χ1v) is 5.58. The summed E-state index contributed by atoms with van der Waals surface area (Å²) in [6.45, 7) is -0.688. The molecule has 1 aliphatic carbocycles. The van der Waals surface area contributed by atoms with Crippen LogP contribution in [0.15, 0.2) is 11.6 Å². The number of carbonyl (C=O) groups is 2. The van der Waals surface area contributed by atoms with Gasteiger partial charge in [0.25, 0.3) is 0 Å². The zero-order valence-corrected chi connectivity index (χ0v) is 9.68. The number of allylic oxidation sites excluding steroid dienone is 1. The standard InChI is InChI=1S/C11H14F3NO3/c12-11(13,14)10(17)15-6-9(16)18-7-8-4-2-1-3-5-8/h4H,1-3,5-7H2,(H,15,17). The van der Waals surface area contributed by atoms with Crippen molar-refractivity contribution in [2.45, 2.75) is 31.9 Å². The van der Waals surface area contributed by atoms with Crippen LogP contribution in [0.25, 0.3) is 0 Å². The van der Waals surface area contributed by atoms with Crippen molar-refractivity contribution in [3.63, 3.8) is 0 Å². The Bertz CT molecular complexity index is 350. The van der Waals surface area contributed by atoms with E-state index in [0.717, 1.165) is 31.3 Å². The van der Waals surface area contributed by atoms with Crippen molar-refractivity contribution in [2.75, 3.05) is 13.2 Å². The average molecular weight is 265 g/mol. The molecule has 0 unspecified atom stereocenters. The second-order valence-electron chi connectivity index (χ2n) is 3.95. The number of carbonyl (C=O) groups excluding carboxylic acids is 2. The van der Waals surface area contributed by atoms with Gasteiger partial charge in [-0.05, 0) is 31.3 Å². The molecule has 0 radical (unpaired) electrons. The summed E-state index contributed by atoms with van der Waals surface area (Å²) in [4.78, 5) is 21.5. The number of nitrogens with one attached hydrogen (secondary N) is 1. The van der Waals surface area contributed by atoms with Crippen LogP contribution in [0.1, 0.15) is 25.7 Å². The van der Waals surface area contributed by atoms with Crippen LogP contribution in [0.3, 0.4) is 0 Å². The van der Waals surface area contributed by atoms with Crippen LogP contribution in [-0.4, -0.2) is 31.2 Å². The van der Waals surface area contributed by atoms with Gasteiger partial charge in [-0.25, -0.2) is 0 Å². The number of hydrogen-bond donors (Lipinski definition) is 1. The van der Waals surface area contributed by atoms with Gasteiger partial charge >= 0.3 is 18.1 Å². The molecular weight excluding hydrogens is 251 g/mol. The molecule has 0 atom stereocenters. The largest absolute Gasteiger partial charge is 0.471 e. The molecule has 0 aliphatic heterocycles. The molecule has 18 heavy (non-hydrogen) atoms. The fourth-order valence-corrected chi connectivity index (χ4v) is 1.51. The van der Waals surface area contributed by atoms with Gasteiger partial charge in [-0.3, -0.25) is 9.59 Å². The molecule has 0 aromatic heterocycles. The highest BCUT2D eigenvalue weighted by Crippen LogP contribution is 2.17. The SMILES string of the molecule is O=C(CNC(=O)C(F)(F)F)OCC1=CCCCC1. The number of alkyl halides is 3. The third-order valence-electron chi connectivity index (χ3n) is 2.45. The smallest absolute Gasteiger partial charge is 0.460 e. The Morgan fingerprint density at radius 2 is 2.06 bits per heavy atom. The summed E-state index contributed by atoms with van der Waals surface area (Å²) in [7, 11) is 0. The second kappa shape index (κ2) is 6.42. The number of hydrogen-bond acceptors (Lipinski definition) is 3. The minimum Gasteiger partial charge on any atom is -0.460 e. The molecule has 102 valence electrons. The van der Waals surface area contributed by atoms with Gasteiger partial charge in [0.05, 0.1) is 0 Å². The third-order valence-corrected chi connectivity index (χ3v) is 2.45. The maximum absolute atomic E-state index is 11.8. The summed E-state index contributed by atoms with van der Waals surface area (Å²) in [5, 5.41) is 1.45. The summed E-state index contributed by atoms with van der Waals surface area (Å²) in [5.74, 6) is -3.02. The quantitative estimate of drug-likeness (QED) is 0.622. The van der Waals surface area contributed by atoms with E-state index in [1.54, 1.807) is 0 Å². The predicted molar refractivity (Wildman–Crippen MR) is 56.6 cm³/mol. The number of amides is 1. The zero-order chi connectivity index (χ0) is 13.6. The molecule has 0 heterocycles. The van der Waals surface area contributed by atoms with E-state index < -0.39 is 24.6 Å². The van der Waals surface area contributed by atoms with Crippen molar-refractivity contribution >= 4 is 11.9 Å². The molecule has 0 saturated carbocycles. The third kappa shape index (κ3) is 5.20. The molecule has 0 saturated heterocycles. The lowest BCUT2D eigenvalue weighted by Gasteiger charge is -2.13. The van der Waals surface area contributed by atoms with Gasteiger partial charge in [-0.15, -0.1) is 0 Å². The van der Waals surface area contributed by atoms with Crippen molar-refractivity contribution < 1.29 is 27.5 Å². The molecule has 4 nitrogen and oxygen atoms in total. The number of halogens is 3. The van der Waals surface area contributed by atoms with Crippen molar-refractivity contribution in [1.82, 2.24) is 5.32 Å². The van der Waals surface area contributed by atoms with Gasteiger partial charge in [0.1, 0.15) is 13.2 Å². The van der Waals surface area contributed by atoms with Crippen LogP contribution in [0, 0.1) is 0 Å². The number of ether oxygens (including phenoxy) is 1. The van der Waals surface area contributed by atoms with Crippen LogP contribution in [0.5, 0.6) is 0 Å². The fraction of sp³-hybridized carbons (Fsp3) is 0.636. The molecule has 0 spiro atoms. The van der Waals surface area contributed by atoms with E-state index in [4.69, 9.17) is 4.74 Å². The predicted octanol–water partition coefficient (Wildman–Crippen LogP) is 1.71. The number of esters is 1. The lowest BCUT2D eigenvalue weighted by Crippen LogP contribution is -2.40. The molecule has 7 heteroatoms. The highest BCUT2D eigenvalue weighted by Gasteiger charge is 2.38. The molecule has 1 amide bonds. The van der Waals surface area contributed by atoms with Crippen molar-refractivity contribution in [1.29, 1.82) is 0 Å². The highest BCUT2D eigenvalue weighted by atomic mass is 19.4. The minimum absolute atomic E-state index is 0.0840. The summed E-state index contributed by atoms with van der Waals surface area (Å²) >= 11 is 0. The Hall–Kier alpha value is -1.53. The van der Waals surface area contributed by atoms with Crippen LogP contribution >= 0.6 is 0 Å². The Kier molecular flexibility index (Phi) is 5.18. The topological polar surface area (TPSA) is 55.4 Å². The molecule has 1 rings (SSSR count). The van der Waals surface area contributed by atoms with Crippen molar-refractivity contribution in [2.24, 2.45) is 0 Å². The van der Waals surface area contributed by atoms with E-state index in [9.17, 15) is 22.8 Å². The molecule has 0 aromatic rings. The van der Waals surface area contributed by atoms with E-state index >= 15 is 0 Å². The Morgan fingerprint density at radius 3 is 2.61 bits per heavy atom. The van der Waals surface area contributed by atoms with E-state index in [2.05, 4.69) is 0 Å². The first-order valence-electron chi connectivity index (χ1n) is 5.58. The van der Waals surface area contributed by atoms with Crippen molar-refractivity contribution in [3.05, 3.63) is 11.6 Å². The Labute approximate surface area is 102 Å². The molecule has 1 aliphatic rings. The van der Waals surface area contributed by atoms with Crippen molar-refractivity contribution in [3.8, 4) is 0 Å². The molecule has 0 fully saturated rings. The van der Waals surface area contributed by atoms with E-state index in [0.29, 0.717) is 0 Å². The number of rotatable bonds is 4. The van der Waals surface area contributed by atoms with Crippen LogP contribution < -0.4 is 5.32 Å². The van der Waals surface area contributed by atoms with Crippen LogP contribution in [0.4, 0.5) is 13.2 Å². The Morgan fingerprint density at radius 1 is 1.33 bits per heavy atom. The molecular formula is C11H14F3NO3. The average Bonchev–Trinajstić information content (AvgIpc) is 2.33. The monoisotopic (exact) mass is 265 g/mol. The first-order chi connectivity index (χ1) is 8.39. The summed E-state index contributed by atoms with van der Waals surface area (Å²) < 4.78 is 40.2. The van der Waals surface area contributed by atoms with Gasteiger partial charge in [0, 0.05) is 0 Å². The van der Waals surface area contributed by atoms with Gasteiger partial charge in [-0.2, -0.15) is 13.2 Å².